The molecule has 0 spiro atoms. The van der Waals surface area contributed by atoms with Crippen molar-refractivity contribution in [2.75, 3.05) is 24.5 Å². The normalized spacial score (nSPS) is 17.6. The summed E-state index contributed by atoms with van der Waals surface area (Å²) in [5, 5.41) is 4.93. The van der Waals surface area contributed by atoms with Crippen molar-refractivity contribution >= 4 is 34.8 Å². The Morgan fingerprint density at radius 2 is 2.07 bits per heavy atom. The molecule has 1 aliphatic heterocycles. The van der Waals surface area contributed by atoms with Crippen LogP contribution in [-0.4, -0.2) is 57.0 Å². The van der Waals surface area contributed by atoms with Crippen molar-refractivity contribution in [3.63, 3.8) is 0 Å². The van der Waals surface area contributed by atoms with E-state index in [0.29, 0.717) is 41.8 Å². The first-order valence-electron chi connectivity index (χ1n) is 9.97. The molecule has 0 bridgehead atoms. The number of hydrogen-bond donors (Lipinski definition) is 0. The third-order valence-corrected chi connectivity index (χ3v) is 5.13. The third-order valence-electron chi connectivity index (χ3n) is 4.91. The van der Waals surface area contributed by atoms with E-state index in [4.69, 9.17) is 20.8 Å². The van der Waals surface area contributed by atoms with Crippen LogP contribution < -0.4 is 4.90 Å². The van der Waals surface area contributed by atoms with Gasteiger partial charge in [-0.15, -0.1) is 0 Å². The molecule has 0 saturated carbocycles. The number of carbonyl (C=O) groups is 1. The molecule has 1 aromatic carbocycles. The summed E-state index contributed by atoms with van der Waals surface area (Å²) in [4.78, 5) is 20.9. The zero-order valence-electron chi connectivity index (χ0n) is 17.8. The number of anilines is 1. The summed E-state index contributed by atoms with van der Waals surface area (Å²) in [6.45, 7) is 11.3. The number of hydrogen-bond acceptors (Lipinski definition) is 6. The summed E-state index contributed by atoms with van der Waals surface area (Å²) < 4.78 is 13.4. The van der Waals surface area contributed by atoms with Crippen LogP contribution in [0.25, 0.3) is 16.8 Å². The van der Waals surface area contributed by atoms with Gasteiger partial charge < -0.3 is 19.0 Å². The second-order valence-electron chi connectivity index (χ2n) is 8.70. The SMILES string of the molecule is Cc1cnn(-c2cc(Cl)cc3nc(N4CCN(C(=O)OC(C)(C)C)C[C@@H]4C)oc23)c1. The number of fused-ring (bicyclic) bond motifs is 1. The lowest BCUT2D eigenvalue weighted by atomic mass is 10.2. The highest BCUT2D eigenvalue weighted by atomic mass is 35.5. The van der Waals surface area contributed by atoms with Gasteiger partial charge in [-0.05, 0) is 52.3 Å². The second-order valence-corrected chi connectivity index (χ2v) is 9.14. The molecule has 2 aromatic heterocycles. The minimum atomic E-state index is -0.516. The number of aromatic nitrogens is 3. The first-order valence-corrected chi connectivity index (χ1v) is 10.3. The Labute approximate surface area is 180 Å². The molecule has 1 fully saturated rings. The van der Waals surface area contributed by atoms with Crippen LogP contribution in [0.15, 0.2) is 28.9 Å². The monoisotopic (exact) mass is 431 g/mol. The highest BCUT2D eigenvalue weighted by Gasteiger charge is 2.32. The number of ether oxygens (including phenoxy) is 1. The van der Waals surface area contributed by atoms with Crippen molar-refractivity contribution in [1.29, 1.82) is 0 Å². The van der Waals surface area contributed by atoms with Gasteiger partial charge in [-0.3, -0.25) is 0 Å². The van der Waals surface area contributed by atoms with Gasteiger partial charge in [0.2, 0.25) is 0 Å². The molecule has 0 radical (unpaired) electrons. The molecule has 8 nitrogen and oxygen atoms in total. The van der Waals surface area contributed by atoms with Crippen LogP contribution in [-0.2, 0) is 4.74 Å². The van der Waals surface area contributed by atoms with Crippen LogP contribution >= 0.6 is 11.6 Å². The molecule has 3 heterocycles. The van der Waals surface area contributed by atoms with Crippen LogP contribution in [0, 0.1) is 6.92 Å². The molecular weight excluding hydrogens is 406 g/mol. The zero-order chi connectivity index (χ0) is 21.6. The molecule has 160 valence electrons. The lowest BCUT2D eigenvalue weighted by molar-refractivity contribution is 0.0216. The summed E-state index contributed by atoms with van der Waals surface area (Å²) in [5.74, 6) is 0. The summed E-state index contributed by atoms with van der Waals surface area (Å²) in [6.07, 6.45) is 3.40. The van der Waals surface area contributed by atoms with Gasteiger partial charge in [0.25, 0.3) is 6.01 Å². The highest BCUT2D eigenvalue weighted by Crippen LogP contribution is 2.32. The molecule has 1 amide bonds. The Balaban J connectivity index is 1.59. The summed E-state index contributed by atoms with van der Waals surface area (Å²) in [5.41, 5.74) is 2.55. The zero-order valence-corrected chi connectivity index (χ0v) is 18.6. The molecule has 0 N–H and O–H groups in total. The average Bonchev–Trinajstić information content (AvgIpc) is 3.25. The maximum absolute atomic E-state index is 12.4. The van der Waals surface area contributed by atoms with Crippen molar-refractivity contribution < 1.29 is 13.9 Å². The Kier molecular flexibility index (Phi) is 5.13. The number of rotatable bonds is 2. The summed E-state index contributed by atoms with van der Waals surface area (Å²) in [6, 6.07) is 4.12. The Bertz CT molecular complexity index is 1080. The van der Waals surface area contributed by atoms with E-state index in [0.717, 1.165) is 11.3 Å². The molecule has 1 aliphatic rings. The predicted octanol–water partition coefficient (Wildman–Crippen LogP) is 4.42. The Hall–Kier alpha value is -2.74. The third kappa shape index (κ3) is 4.09. The molecule has 4 rings (SSSR count). The minimum absolute atomic E-state index is 0.0187. The average molecular weight is 432 g/mol. The minimum Gasteiger partial charge on any atom is -0.444 e. The van der Waals surface area contributed by atoms with E-state index in [1.807, 2.05) is 46.9 Å². The fraction of sp³-hybridized carbons (Fsp3) is 0.476. The Morgan fingerprint density at radius 3 is 2.70 bits per heavy atom. The van der Waals surface area contributed by atoms with Gasteiger partial charge in [0.1, 0.15) is 16.8 Å². The van der Waals surface area contributed by atoms with E-state index in [9.17, 15) is 4.79 Å². The van der Waals surface area contributed by atoms with E-state index in [1.54, 1.807) is 21.8 Å². The molecule has 3 aromatic rings. The van der Waals surface area contributed by atoms with Gasteiger partial charge in [0, 0.05) is 36.9 Å². The van der Waals surface area contributed by atoms with Gasteiger partial charge in [-0.2, -0.15) is 10.1 Å². The number of piperazine rings is 1. The van der Waals surface area contributed by atoms with Crippen LogP contribution in [0.2, 0.25) is 5.02 Å². The van der Waals surface area contributed by atoms with E-state index in [2.05, 4.69) is 15.0 Å². The topological polar surface area (TPSA) is 76.6 Å². The number of aryl methyl sites for hydroxylation is 1. The van der Waals surface area contributed by atoms with Gasteiger partial charge in [0.05, 0.1) is 6.20 Å². The molecule has 0 unspecified atom stereocenters. The smallest absolute Gasteiger partial charge is 0.410 e. The van der Waals surface area contributed by atoms with E-state index < -0.39 is 5.60 Å². The fourth-order valence-corrected chi connectivity index (χ4v) is 3.75. The van der Waals surface area contributed by atoms with Crippen LogP contribution in [0.3, 0.4) is 0 Å². The fourth-order valence-electron chi connectivity index (χ4n) is 3.54. The molecule has 1 saturated heterocycles. The number of oxazole rings is 1. The second kappa shape index (κ2) is 7.50. The van der Waals surface area contributed by atoms with Gasteiger partial charge in [-0.25, -0.2) is 9.48 Å². The number of amides is 1. The summed E-state index contributed by atoms with van der Waals surface area (Å²) >= 11 is 6.32. The van der Waals surface area contributed by atoms with Gasteiger partial charge in [-0.1, -0.05) is 11.6 Å². The van der Waals surface area contributed by atoms with E-state index >= 15 is 0 Å². The Morgan fingerprint density at radius 1 is 1.30 bits per heavy atom. The van der Waals surface area contributed by atoms with Gasteiger partial charge >= 0.3 is 6.09 Å². The molecular formula is C21H26ClN5O3. The van der Waals surface area contributed by atoms with Crippen molar-refractivity contribution in [2.24, 2.45) is 0 Å². The summed E-state index contributed by atoms with van der Waals surface area (Å²) in [7, 11) is 0. The standard InChI is InChI=1S/C21H26ClN5O3/c1-13-10-23-27(11-13)17-9-15(22)8-16-18(17)29-19(24-16)26-7-6-25(12-14(26)2)20(28)30-21(3,4)5/h8-11,14H,6-7,12H2,1-5H3/t14-/m0/s1. The number of benzene rings is 1. The van der Waals surface area contributed by atoms with Gasteiger partial charge in [0.15, 0.2) is 5.58 Å². The van der Waals surface area contributed by atoms with Crippen molar-refractivity contribution in [3.05, 3.63) is 35.1 Å². The number of carbonyl (C=O) groups excluding carboxylic acids is 1. The lowest BCUT2D eigenvalue weighted by Gasteiger charge is -2.39. The lowest BCUT2D eigenvalue weighted by Crippen LogP contribution is -2.54. The molecule has 30 heavy (non-hydrogen) atoms. The highest BCUT2D eigenvalue weighted by molar-refractivity contribution is 6.31. The maximum Gasteiger partial charge on any atom is 0.410 e. The van der Waals surface area contributed by atoms with Crippen molar-refractivity contribution in [3.8, 4) is 5.69 Å². The predicted molar refractivity (Wildman–Crippen MR) is 115 cm³/mol. The van der Waals surface area contributed by atoms with E-state index in [1.165, 1.54) is 0 Å². The van der Waals surface area contributed by atoms with Crippen LogP contribution in [0.1, 0.15) is 33.3 Å². The van der Waals surface area contributed by atoms with Crippen molar-refractivity contribution in [1.82, 2.24) is 19.7 Å². The molecule has 1 atom stereocenters. The van der Waals surface area contributed by atoms with Crippen molar-refractivity contribution in [2.45, 2.75) is 46.3 Å². The van der Waals surface area contributed by atoms with Crippen LogP contribution in [0.5, 0.6) is 0 Å². The number of nitrogens with zero attached hydrogens (tertiary/aromatic N) is 5. The quantitative estimate of drug-likeness (QED) is 0.597. The van der Waals surface area contributed by atoms with Crippen LogP contribution in [0.4, 0.5) is 10.8 Å². The first kappa shape index (κ1) is 20.5. The number of halogens is 1. The largest absolute Gasteiger partial charge is 0.444 e. The molecule has 0 aliphatic carbocycles. The first-order chi connectivity index (χ1) is 14.1. The molecule has 9 heteroatoms. The van der Waals surface area contributed by atoms with E-state index in [-0.39, 0.29) is 12.1 Å². The maximum atomic E-state index is 12.4.